The van der Waals surface area contributed by atoms with Crippen molar-refractivity contribution in [3.05, 3.63) is 54.1 Å². The molecule has 5 nitrogen and oxygen atoms in total. The minimum Gasteiger partial charge on any atom is -0.371 e. The van der Waals surface area contributed by atoms with E-state index in [1.807, 2.05) is 39.0 Å². The van der Waals surface area contributed by atoms with Gasteiger partial charge in [0, 0.05) is 41.1 Å². The summed E-state index contributed by atoms with van der Waals surface area (Å²) in [5, 5.41) is 5.84. The molecule has 0 saturated carbocycles. The Balaban J connectivity index is 1.69. The fraction of sp³-hybridized carbons (Fsp3) is 0.391. The average Bonchev–Trinajstić information content (AvgIpc) is 2.68. The standard InChI is InChI=1S/C23H29N3O2/c1-23(2,3)22(28)25-18-10-7-9-17(15-18)21(27)24-19-11-8-12-20(16-19)26-13-5-4-6-14-26/h7-12,15-16H,4-6,13-14H2,1-3H3,(H,24,27)(H,25,28). The lowest BCUT2D eigenvalue weighted by Gasteiger charge is -2.29. The highest BCUT2D eigenvalue weighted by atomic mass is 16.2. The topological polar surface area (TPSA) is 61.4 Å². The number of carbonyl (C=O) groups is 2. The van der Waals surface area contributed by atoms with Crippen LogP contribution in [0.5, 0.6) is 0 Å². The first-order chi connectivity index (χ1) is 13.3. The maximum atomic E-state index is 12.7. The minimum atomic E-state index is -0.493. The lowest BCUT2D eigenvalue weighted by atomic mass is 9.95. The number of hydrogen-bond acceptors (Lipinski definition) is 3. The van der Waals surface area contributed by atoms with E-state index in [0.29, 0.717) is 11.3 Å². The van der Waals surface area contributed by atoms with Crippen LogP contribution in [0.2, 0.25) is 0 Å². The zero-order valence-electron chi connectivity index (χ0n) is 16.9. The zero-order valence-corrected chi connectivity index (χ0v) is 16.9. The number of nitrogens with zero attached hydrogens (tertiary/aromatic N) is 1. The Bertz CT molecular complexity index is 849. The SMILES string of the molecule is CC(C)(C)C(=O)Nc1cccc(C(=O)Nc2cccc(N3CCCCC3)c2)c1. The lowest BCUT2D eigenvalue weighted by molar-refractivity contribution is -0.123. The molecule has 28 heavy (non-hydrogen) atoms. The van der Waals surface area contributed by atoms with Gasteiger partial charge in [-0.1, -0.05) is 32.9 Å². The van der Waals surface area contributed by atoms with Gasteiger partial charge in [-0.25, -0.2) is 0 Å². The van der Waals surface area contributed by atoms with Crippen LogP contribution < -0.4 is 15.5 Å². The van der Waals surface area contributed by atoms with E-state index < -0.39 is 5.41 Å². The van der Waals surface area contributed by atoms with E-state index in [1.165, 1.54) is 19.3 Å². The molecule has 0 spiro atoms. The summed E-state index contributed by atoms with van der Waals surface area (Å²) in [5.74, 6) is -0.276. The van der Waals surface area contributed by atoms with Gasteiger partial charge in [-0.15, -0.1) is 0 Å². The molecular weight excluding hydrogens is 350 g/mol. The predicted octanol–water partition coefficient (Wildman–Crippen LogP) is 4.91. The van der Waals surface area contributed by atoms with Gasteiger partial charge in [0.05, 0.1) is 0 Å². The van der Waals surface area contributed by atoms with Crippen molar-refractivity contribution in [3.63, 3.8) is 0 Å². The second kappa shape index (κ2) is 8.46. The van der Waals surface area contributed by atoms with E-state index in [2.05, 4.69) is 21.6 Å². The molecular formula is C23H29N3O2. The van der Waals surface area contributed by atoms with Crippen LogP contribution in [-0.4, -0.2) is 24.9 Å². The van der Waals surface area contributed by atoms with Crippen LogP contribution >= 0.6 is 0 Å². The van der Waals surface area contributed by atoms with Crippen LogP contribution in [-0.2, 0) is 4.79 Å². The molecule has 1 aliphatic rings. The summed E-state index contributed by atoms with van der Waals surface area (Å²) in [4.78, 5) is 27.2. The van der Waals surface area contributed by atoms with Crippen molar-refractivity contribution in [2.24, 2.45) is 5.41 Å². The molecule has 0 atom stereocenters. The summed E-state index contributed by atoms with van der Waals surface area (Å²) < 4.78 is 0. The zero-order chi connectivity index (χ0) is 20.1. The molecule has 2 aromatic carbocycles. The van der Waals surface area contributed by atoms with E-state index >= 15 is 0 Å². The Labute approximate surface area is 167 Å². The molecule has 0 radical (unpaired) electrons. The second-order valence-electron chi connectivity index (χ2n) is 8.34. The Hall–Kier alpha value is -2.82. The van der Waals surface area contributed by atoms with Crippen molar-refractivity contribution >= 4 is 28.9 Å². The molecule has 5 heteroatoms. The highest BCUT2D eigenvalue weighted by Gasteiger charge is 2.21. The number of amides is 2. The molecule has 2 aromatic rings. The van der Waals surface area contributed by atoms with E-state index in [9.17, 15) is 9.59 Å². The summed E-state index contributed by atoms with van der Waals surface area (Å²) >= 11 is 0. The van der Waals surface area contributed by atoms with E-state index in [1.54, 1.807) is 24.3 Å². The van der Waals surface area contributed by atoms with Crippen LogP contribution in [0.3, 0.4) is 0 Å². The summed E-state index contributed by atoms with van der Waals surface area (Å²) in [6.45, 7) is 7.69. The Kier molecular flexibility index (Phi) is 6.02. The van der Waals surface area contributed by atoms with Gasteiger partial charge in [-0.05, 0) is 55.7 Å². The summed E-state index contributed by atoms with van der Waals surface area (Å²) in [5.41, 5.74) is 2.55. The van der Waals surface area contributed by atoms with Crippen LogP contribution in [0.15, 0.2) is 48.5 Å². The Morgan fingerprint density at radius 2 is 1.50 bits per heavy atom. The van der Waals surface area contributed by atoms with Crippen molar-refractivity contribution in [1.82, 2.24) is 0 Å². The Morgan fingerprint density at radius 1 is 0.857 bits per heavy atom. The van der Waals surface area contributed by atoms with Crippen molar-refractivity contribution < 1.29 is 9.59 Å². The van der Waals surface area contributed by atoms with Gasteiger partial charge in [0.1, 0.15) is 0 Å². The number of anilines is 3. The maximum absolute atomic E-state index is 12.7. The third-order valence-electron chi connectivity index (χ3n) is 4.89. The molecule has 1 saturated heterocycles. The van der Waals surface area contributed by atoms with Gasteiger partial charge in [0.15, 0.2) is 0 Å². The van der Waals surface area contributed by atoms with Crippen LogP contribution in [0.4, 0.5) is 17.1 Å². The van der Waals surface area contributed by atoms with Gasteiger partial charge >= 0.3 is 0 Å². The Morgan fingerprint density at radius 3 is 2.18 bits per heavy atom. The molecule has 0 bridgehead atoms. The third-order valence-corrected chi connectivity index (χ3v) is 4.89. The number of hydrogen-bond donors (Lipinski definition) is 2. The molecule has 2 amide bonds. The molecule has 1 heterocycles. The quantitative estimate of drug-likeness (QED) is 0.793. The highest BCUT2D eigenvalue weighted by Crippen LogP contribution is 2.24. The first-order valence-corrected chi connectivity index (χ1v) is 9.91. The fourth-order valence-corrected chi connectivity index (χ4v) is 3.19. The van der Waals surface area contributed by atoms with Gasteiger partial charge in [-0.3, -0.25) is 9.59 Å². The lowest BCUT2D eigenvalue weighted by Crippen LogP contribution is -2.29. The summed E-state index contributed by atoms with van der Waals surface area (Å²) in [6, 6.07) is 15.0. The number of benzene rings is 2. The average molecular weight is 380 g/mol. The molecule has 0 unspecified atom stereocenters. The fourth-order valence-electron chi connectivity index (χ4n) is 3.19. The monoisotopic (exact) mass is 379 g/mol. The number of carbonyl (C=O) groups excluding carboxylic acids is 2. The van der Waals surface area contributed by atoms with Gasteiger partial charge in [0.25, 0.3) is 5.91 Å². The van der Waals surface area contributed by atoms with Crippen LogP contribution in [0.25, 0.3) is 0 Å². The van der Waals surface area contributed by atoms with E-state index in [-0.39, 0.29) is 11.8 Å². The van der Waals surface area contributed by atoms with Gasteiger partial charge in [0.2, 0.25) is 5.91 Å². The molecule has 0 aliphatic carbocycles. The predicted molar refractivity (Wildman–Crippen MR) is 115 cm³/mol. The summed E-state index contributed by atoms with van der Waals surface area (Å²) in [7, 11) is 0. The number of nitrogens with one attached hydrogen (secondary N) is 2. The first kappa shape index (κ1) is 19.9. The van der Waals surface area contributed by atoms with Gasteiger partial charge < -0.3 is 15.5 Å². The molecule has 2 N–H and O–H groups in total. The smallest absolute Gasteiger partial charge is 0.255 e. The maximum Gasteiger partial charge on any atom is 0.255 e. The minimum absolute atomic E-state index is 0.0840. The second-order valence-corrected chi connectivity index (χ2v) is 8.34. The van der Waals surface area contributed by atoms with E-state index in [0.717, 1.165) is 24.5 Å². The molecule has 1 aliphatic heterocycles. The normalized spacial score (nSPS) is 14.5. The first-order valence-electron chi connectivity index (χ1n) is 9.91. The van der Waals surface area contributed by atoms with Crippen molar-refractivity contribution in [1.29, 1.82) is 0 Å². The molecule has 1 fully saturated rings. The largest absolute Gasteiger partial charge is 0.371 e. The molecule has 148 valence electrons. The van der Waals surface area contributed by atoms with Crippen LogP contribution in [0, 0.1) is 5.41 Å². The van der Waals surface area contributed by atoms with Gasteiger partial charge in [-0.2, -0.15) is 0 Å². The highest BCUT2D eigenvalue weighted by molar-refractivity contribution is 6.05. The van der Waals surface area contributed by atoms with Crippen molar-refractivity contribution in [3.8, 4) is 0 Å². The molecule has 0 aromatic heterocycles. The van der Waals surface area contributed by atoms with Crippen LogP contribution in [0.1, 0.15) is 50.4 Å². The number of rotatable bonds is 4. The number of piperidine rings is 1. The summed E-state index contributed by atoms with van der Waals surface area (Å²) in [6.07, 6.45) is 3.71. The van der Waals surface area contributed by atoms with Crippen molar-refractivity contribution in [2.45, 2.75) is 40.0 Å². The third kappa shape index (κ3) is 5.12. The van der Waals surface area contributed by atoms with E-state index in [4.69, 9.17) is 0 Å². The molecule has 3 rings (SSSR count). The van der Waals surface area contributed by atoms with Crippen molar-refractivity contribution in [2.75, 3.05) is 28.6 Å².